The fourth-order valence-electron chi connectivity index (χ4n) is 1.90. The lowest BCUT2D eigenvalue weighted by Gasteiger charge is -2.08. The molecule has 2 heteroatoms. The Morgan fingerprint density at radius 1 is 1.00 bits per heavy atom. The van der Waals surface area contributed by atoms with Crippen LogP contribution >= 0.6 is 0 Å². The Hall–Kier alpha value is -2.09. The Balaban J connectivity index is 2.11. The van der Waals surface area contributed by atoms with Crippen LogP contribution in [0.5, 0.6) is 0 Å². The van der Waals surface area contributed by atoms with Crippen LogP contribution in [0.3, 0.4) is 0 Å². The van der Waals surface area contributed by atoms with Crippen LogP contribution in [0.4, 0.5) is 0 Å². The van der Waals surface area contributed by atoms with Gasteiger partial charge < -0.3 is 5.11 Å². The van der Waals surface area contributed by atoms with Crippen molar-refractivity contribution in [2.75, 3.05) is 0 Å². The molecular formula is C16H16O2. The van der Waals surface area contributed by atoms with Gasteiger partial charge in [-0.3, -0.25) is 4.79 Å². The molecule has 0 radical (unpaired) electrons. The molecule has 2 aromatic rings. The van der Waals surface area contributed by atoms with E-state index in [9.17, 15) is 4.79 Å². The maximum absolute atomic E-state index is 10.9. The van der Waals surface area contributed by atoms with Gasteiger partial charge in [0.05, 0.1) is 5.92 Å². The average molecular weight is 240 g/mol. The number of carbonyl (C=O) groups is 1. The lowest BCUT2D eigenvalue weighted by Crippen LogP contribution is -2.07. The first-order valence-corrected chi connectivity index (χ1v) is 6.02. The zero-order valence-corrected chi connectivity index (χ0v) is 10.3. The summed E-state index contributed by atoms with van der Waals surface area (Å²) in [7, 11) is 0. The van der Waals surface area contributed by atoms with E-state index in [0.717, 1.165) is 12.0 Å². The molecule has 92 valence electrons. The maximum Gasteiger partial charge on any atom is 0.310 e. The monoisotopic (exact) mass is 240 g/mol. The number of benzene rings is 2. The quantitative estimate of drug-likeness (QED) is 0.888. The highest BCUT2D eigenvalue weighted by Crippen LogP contribution is 2.17. The van der Waals surface area contributed by atoms with Crippen molar-refractivity contribution in [3.63, 3.8) is 0 Å². The zero-order chi connectivity index (χ0) is 13.0. The van der Waals surface area contributed by atoms with Gasteiger partial charge in [-0.05, 0) is 30.0 Å². The summed E-state index contributed by atoms with van der Waals surface area (Å²) in [5, 5.41) is 8.94. The molecule has 0 heterocycles. The van der Waals surface area contributed by atoms with Gasteiger partial charge in [0.2, 0.25) is 0 Å². The predicted molar refractivity (Wildman–Crippen MR) is 71.7 cm³/mol. The minimum absolute atomic E-state index is 0.448. The number of aliphatic carboxylic acids is 1. The number of carboxylic acid groups (broad SMARTS) is 1. The van der Waals surface area contributed by atoms with E-state index in [1.807, 2.05) is 42.5 Å². The lowest BCUT2D eigenvalue weighted by atomic mass is 9.98. The second-order valence-electron chi connectivity index (χ2n) is 4.46. The third-order valence-corrected chi connectivity index (χ3v) is 3.10. The number of carboxylic acids is 1. The highest BCUT2D eigenvalue weighted by Gasteiger charge is 2.12. The largest absolute Gasteiger partial charge is 0.481 e. The van der Waals surface area contributed by atoms with Gasteiger partial charge in [-0.25, -0.2) is 0 Å². The summed E-state index contributed by atoms with van der Waals surface area (Å²) in [5.74, 6) is -1.23. The van der Waals surface area contributed by atoms with E-state index >= 15 is 0 Å². The summed E-state index contributed by atoms with van der Waals surface area (Å²) in [5.41, 5.74) is 3.30. The van der Waals surface area contributed by atoms with Gasteiger partial charge in [0, 0.05) is 0 Å². The highest BCUT2D eigenvalue weighted by atomic mass is 16.4. The zero-order valence-electron chi connectivity index (χ0n) is 10.3. The molecule has 0 aromatic heterocycles. The summed E-state index contributed by atoms with van der Waals surface area (Å²) in [6, 6.07) is 18.0. The number of hydrogen-bond acceptors (Lipinski definition) is 1. The summed E-state index contributed by atoms with van der Waals surface area (Å²) >= 11 is 0. The normalized spacial score (nSPS) is 12.1. The Morgan fingerprint density at radius 2 is 1.56 bits per heavy atom. The van der Waals surface area contributed by atoms with Crippen LogP contribution in [0.1, 0.15) is 29.5 Å². The van der Waals surface area contributed by atoms with Crippen molar-refractivity contribution >= 4 is 5.97 Å². The van der Waals surface area contributed by atoms with Crippen molar-refractivity contribution in [2.24, 2.45) is 0 Å². The minimum Gasteiger partial charge on any atom is -0.481 e. The van der Waals surface area contributed by atoms with Gasteiger partial charge in [0.25, 0.3) is 0 Å². The van der Waals surface area contributed by atoms with Crippen molar-refractivity contribution in [3.05, 3.63) is 71.3 Å². The molecule has 0 saturated heterocycles. The van der Waals surface area contributed by atoms with E-state index in [2.05, 4.69) is 12.1 Å². The van der Waals surface area contributed by atoms with E-state index < -0.39 is 11.9 Å². The molecular weight excluding hydrogens is 224 g/mol. The number of hydrogen-bond donors (Lipinski definition) is 1. The van der Waals surface area contributed by atoms with Crippen molar-refractivity contribution in [3.8, 4) is 0 Å². The predicted octanol–water partition coefficient (Wildman–Crippen LogP) is 3.47. The van der Waals surface area contributed by atoms with Gasteiger partial charge in [-0.1, -0.05) is 54.6 Å². The topological polar surface area (TPSA) is 37.3 Å². The summed E-state index contributed by atoms with van der Waals surface area (Å²) in [6.07, 6.45) is 0.878. The molecule has 0 fully saturated rings. The molecule has 0 bridgehead atoms. The Labute approximate surface area is 107 Å². The summed E-state index contributed by atoms with van der Waals surface area (Å²) < 4.78 is 0. The molecule has 1 atom stereocenters. The first-order chi connectivity index (χ1) is 8.66. The molecule has 0 amide bonds. The molecule has 2 rings (SSSR count). The lowest BCUT2D eigenvalue weighted by molar-refractivity contribution is -0.138. The van der Waals surface area contributed by atoms with E-state index in [4.69, 9.17) is 5.11 Å². The first kappa shape index (κ1) is 12.4. The summed E-state index contributed by atoms with van der Waals surface area (Å²) in [4.78, 5) is 10.9. The first-order valence-electron chi connectivity index (χ1n) is 6.02. The van der Waals surface area contributed by atoms with Gasteiger partial charge in [0.15, 0.2) is 0 Å². The third-order valence-electron chi connectivity index (χ3n) is 3.10. The van der Waals surface area contributed by atoms with Crippen LogP contribution in [0.15, 0.2) is 54.6 Å². The van der Waals surface area contributed by atoms with E-state index in [1.165, 1.54) is 11.1 Å². The molecule has 18 heavy (non-hydrogen) atoms. The minimum atomic E-state index is -0.786. The van der Waals surface area contributed by atoms with Crippen molar-refractivity contribution in [2.45, 2.75) is 19.3 Å². The molecule has 0 aliphatic carbocycles. The van der Waals surface area contributed by atoms with Crippen LogP contribution in [0, 0.1) is 0 Å². The fraction of sp³-hybridized carbons (Fsp3) is 0.188. The van der Waals surface area contributed by atoms with Crippen molar-refractivity contribution < 1.29 is 9.90 Å². The molecule has 2 nitrogen and oxygen atoms in total. The molecule has 0 saturated carbocycles. The molecule has 0 aliphatic rings. The second-order valence-corrected chi connectivity index (χ2v) is 4.46. The molecule has 0 spiro atoms. The van der Waals surface area contributed by atoms with Crippen molar-refractivity contribution in [1.82, 2.24) is 0 Å². The Morgan fingerprint density at radius 3 is 2.11 bits per heavy atom. The van der Waals surface area contributed by atoms with E-state index in [-0.39, 0.29) is 0 Å². The molecule has 0 aliphatic heterocycles. The van der Waals surface area contributed by atoms with E-state index in [1.54, 1.807) is 6.92 Å². The molecule has 2 aromatic carbocycles. The van der Waals surface area contributed by atoms with Gasteiger partial charge in [-0.2, -0.15) is 0 Å². The maximum atomic E-state index is 10.9. The van der Waals surface area contributed by atoms with Crippen LogP contribution in [0.25, 0.3) is 0 Å². The smallest absolute Gasteiger partial charge is 0.310 e. The SMILES string of the molecule is C[C@H](C(=O)O)c1ccc(Cc2ccccc2)cc1. The van der Waals surface area contributed by atoms with Crippen LogP contribution in [-0.2, 0) is 11.2 Å². The van der Waals surface area contributed by atoms with E-state index in [0.29, 0.717) is 0 Å². The van der Waals surface area contributed by atoms with Crippen LogP contribution in [-0.4, -0.2) is 11.1 Å². The second kappa shape index (κ2) is 5.50. The third kappa shape index (κ3) is 2.98. The van der Waals surface area contributed by atoms with Gasteiger partial charge in [0.1, 0.15) is 0 Å². The van der Waals surface area contributed by atoms with Gasteiger partial charge in [-0.15, -0.1) is 0 Å². The number of rotatable bonds is 4. The average Bonchev–Trinajstić information content (AvgIpc) is 2.40. The van der Waals surface area contributed by atoms with Gasteiger partial charge >= 0.3 is 5.97 Å². The summed E-state index contributed by atoms with van der Waals surface area (Å²) in [6.45, 7) is 1.70. The van der Waals surface area contributed by atoms with Crippen molar-refractivity contribution in [1.29, 1.82) is 0 Å². The van der Waals surface area contributed by atoms with Crippen LogP contribution < -0.4 is 0 Å². The Kier molecular flexibility index (Phi) is 3.78. The fourth-order valence-corrected chi connectivity index (χ4v) is 1.90. The molecule has 0 unspecified atom stereocenters. The highest BCUT2D eigenvalue weighted by molar-refractivity contribution is 5.75. The van der Waals surface area contributed by atoms with Crippen LogP contribution in [0.2, 0.25) is 0 Å². The standard InChI is InChI=1S/C16H16O2/c1-12(16(17)18)15-9-7-14(8-10-15)11-13-5-3-2-4-6-13/h2-10,12H,11H2,1H3,(H,17,18)/t12-/m0/s1. The Bertz CT molecular complexity index is 515. The molecule has 1 N–H and O–H groups in total.